The zero-order chi connectivity index (χ0) is 14.0. The first-order valence-electron chi connectivity index (χ1n) is 6.25. The summed E-state index contributed by atoms with van der Waals surface area (Å²) in [5.74, 6) is -1.34. The largest absolute Gasteiger partial charge is 0.507 e. The van der Waals surface area contributed by atoms with E-state index in [1.165, 1.54) is 5.57 Å². The van der Waals surface area contributed by atoms with Crippen molar-refractivity contribution in [1.82, 2.24) is 0 Å². The molecule has 98 valence electrons. The van der Waals surface area contributed by atoms with Crippen LogP contribution in [0.4, 0.5) is 0 Å². The summed E-state index contributed by atoms with van der Waals surface area (Å²) in [5.41, 5.74) is 3.05. The van der Waals surface area contributed by atoms with Crippen LogP contribution in [-0.2, 0) is 11.2 Å². The molecule has 0 spiro atoms. The summed E-state index contributed by atoms with van der Waals surface area (Å²) in [4.78, 5) is 23.0. The number of carbonyl (C=O) groups is 2. The minimum absolute atomic E-state index is 0.122. The third-order valence-electron chi connectivity index (χ3n) is 3.08. The van der Waals surface area contributed by atoms with E-state index < -0.39 is 11.6 Å². The lowest BCUT2D eigenvalue weighted by atomic mass is 9.91. The van der Waals surface area contributed by atoms with E-state index in [2.05, 4.69) is 6.08 Å². The van der Waals surface area contributed by atoms with Gasteiger partial charge in [-0.2, -0.15) is 0 Å². The van der Waals surface area contributed by atoms with Gasteiger partial charge in [-0.3, -0.25) is 9.59 Å². The maximum atomic E-state index is 11.7. The maximum Gasteiger partial charge on any atom is 0.233 e. The lowest BCUT2D eigenvalue weighted by Gasteiger charge is -2.13. The lowest BCUT2D eigenvalue weighted by Crippen LogP contribution is -2.18. The second-order valence-electron chi connectivity index (χ2n) is 4.92. The van der Waals surface area contributed by atoms with Crippen molar-refractivity contribution in [3.63, 3.8) is 0 Å². The summed E-state index contributed by atoms with van der Waals surface area (Å²) in [6.45, 7) is 4.09. The number of hydrogen-bond donors (Lipinski definition) is 1. The van der Waals surface area contributed by atoms with E-state index in [0.717, 1.165) is 24.5 Å². The van der Waals surface area contributed by atoms with E-state index in [0.29, 0.717) is 5.56 Å². The lowest BCUT2D eigenvalue weighted by molar-refractivity contribution is -0.111. The molecule has 19 heavy (non-hydrogen) atoms. The average Bonchev–Trinajstić information content (AvgIpc) is 2.36. The van der Waals surface area contributed by atoms with Crippen LogP contribution in [0.5, 0.6) is 0 Å². The van der Waals surface area contributed by atoms with Gasteiger partial charge in [0, 0.05) is 17.2 Å². The van der Waals surface area contributed by atoms with Crippen molar-refractivity contribution >= 4 is 17.3 Å². The Hall–Kier alpha value is -2.16. The van der Waals surface area contributed by atoms with Gasteiger partial charge in [-0.1, -0.05) is 17.7 Å². The Kier molecular flexibility index (Phi) is 3.65. The van der Waals surface area contributed by atoms with Gasteiger partial charge in [0.1, 0.15) is 5.76 Å². The molecule has 1 aromatic rings. The summed E-state index contributed by atoms with van der Waals surface area (Å²) in [7, 11) is 0. The quantitative estimate of drug-likeness (QED) is 0.667. The van der Waals surface area contributed by atoms with E-state index >= 15 is 0 Å². The smallest absolute Gasteiger partial charge is 0.233 e. The van der Waals surface area contributed by atoms with Crippen LogP contribution in [0.25, 0.3) is 5.76 Å². The average molecular weight is 256 g/mol. The van der Waals surface area contributed by atoms with Gasteiger partial charge in [-0.15, -0.1) is 0 Å². The molecule has 2 rings (SSSR count). The SMILES string of the molecule is CC(C)=CCCc1ccc2c(c1)C(O)=CC(=O)C2=O. The van der Waals surface area contributed by atoms with E-state index in [1.54, 1.807) is 12.1 Å². The number of carbonyl (C=O) groups excluding carboxylic acids is 2. The first kappa shape index (κ1) is 13.3. The van der Waals surface area contributed by atoms with Crippen LogP contribution in [0.2, 0.25) is 0 Å². The Morgan fingerprint density at radius 1 is 1.21 bits per heavy atom. The molecule has 0 amide bonds. The highest BCUT2D eigenvalue weighted by Crippen LogP contribution is 2.24. The van der Waals surface area contributed by atoms with Crippen molar-refractivity contribution in [2.24, 2.45) is 0 Å². The molecule has 1 aliphatic rings. The summed E-state index contributed by atoms with van der Waals surface area (Å²) < 4.78 is 0. The first-order valence-corrected chi connectivity index (χ1v) is 6.25. The third kappa shape index (κ3) is 2.81. The highest BCUT2D eigenvalue weighted by Gasteiger charge is 2.25. The fourth-order valence-corrected chi connectivity index (χ4v) is 2.08. The molecule has 0 unspecified atom stereocenters. The van der Waals surface area contributed by atoms with Crippen LogP contribution in [-0.4, -0.2) is 16.7 Å². The van der Waals surface area contributed by atoms with Gasteiger partial charge in [-0.25, -0.2) is 0 Å². The van der Waals surface area contributed by atoms with Gasteiger partial charge in [-0.05, 0) is 44.4 Å². The third-order valence-corrected chi connectivity index (χ3v) is 3.08. The zero-order valence-electron chi connectivity index (χ0n) is 11.1. The van der Waals surface area contributed by atoms with Crippen molar-refractivity contribution in [2.75, 3.05) is 0 Å². The van der Waals surface area contributed by atoms with Crippen LogP contribution in [0.15, 0.2) is 35.9 Å². The predicted octanol–water partition coefficient (Wildman–Crippen LogP) is 3.25. The predicted molar refractivity (Wildman–Crippen MR) is 74.1 cm³/mol. The summed E-state index contributed by atoms with van der Waals surface area (Å²) in [5, 5.41) is 9.76. The standard InChI is InChI=1S/C16H16O3/c1-10(2)4-3-5-11-6-7-12-13(8-11)14(17)9-15(18)16(12)19/h4,6-9,17H,3,5H2,1-2H3. The van der Waals surface area contributed by atoms with Crippen LogP contribution in [0.3, 0.4) is 0 Å². The monoisotopic (exact) mass is 256 g/mol. The Balaban J connectivity index is 2.28. The Morgan fingerprint density at radius 3 is 2.63 bits per heavy atom. The molecular weight excluding hydrogens is 240 g/mol. The van der Waals surface area contributed by atoms with Crippen LogP contribution < -0.4 is 0 Å². The molecule has 0 radical (unpaired) electrons. The molecule has 3 nitrogen and oxygen atoms in total. The van der Waals surface area contributed by atoms with Crippen molar-refractivity contribution < 1.29 is 14.7 Å². The van der Waals surface area contributed by atoms with Gasteiger partial charge in [0.15, 0.2) is 0 Å². The van der Waals surface area contributed by atoms with Crippen LogP contribution >= 0.6 is 0 Å². The molecule has 0 heterocycles. The highest BCUT2D eigenvalue weighted by molar-refractivity contribution is 6.50. The number of aliphatic hydroxyl groups excluding tert-OH is 1. The number of ketones is 2. The molecule has 0 aromatic heterocycles. The fraction of sp³-hybridized carbons (Fsp3) is 0.250. The Bertz CT molecular complexity index is 602. The Labute approximate surface area is 112 Å². The van der Waals surface area contributed by atoms with Gasteiger partial charge in [0.2, 0.25) is 11.6 Å². The number of benzene rings is 1. The molecule has 0 bridgehead atoms. The van der Waals surface area contributed by atoms with Gasteiger partial charge < -0.3 is 5.11 Å². The molecule has 1 N–H and O–H groups in total. The highest BCUT2D eigenvalue weighted by atomic mass is 16.3. The molecule has 0 fully saturated rings. The zero-order valence-corrected chi connectivity index (χ0v) is 11.1. The maximum absolute atomic E-state index is 11.7. The van der Waals surface area contributed by atoms with Crippen LogP contribution in [0.1, 0.15) is 41.8 Å². The van der Waals surface area contributed by atoms with Crippen molar-refractivity contribution in [3.8, 4) is 0 Å². The van der Waals surface area contributed by atoms with Crippen molar-refractivity contribution in [3.05, 3.63) is 52.6 Å². The molecule has 1 aliphatic carbocycles. The van der Waals surface area contributed by atoms with E-state index in [4.69, 9.17) is 0 Å². The van der Waals surface area contributed by atoms with Crippen molar-refractivity contribution in [1.29, 1.82) is 0 Å². The van der Waals surface area contributed by atoms with Gasteiger partial charge >= 0.3 is 0 Å². The fourth-order valence-electron chi connectivity index (χ4n) is 2.08. The van der Waals surface area contributed by atoms with E-state index in [9.17, 15) is 14.7 Å². The molecule has 0 saturated heterocycles. The summed E-state index contributed by atoms with van der Waals surface area (Å²) >= 11 is 0. The number of fused-ring (bicyclic) bond motifs is 1. The van der Waals surface area contributed by atoms with E-state index in [-0.39, 0.29) is 11.3 Å². The molecule has 0 saturated carbocycles. The van der Waals surface area contributed by atoms with Gasteiger partial charge in [0.05, 0.1) is 0 Å². The second kappa shape index (κ2) is 5.22. The number of hydrogen-bond acceptors (Lipinski definition) is 3. The molecule has 3 heteroatoms. The minimum atomic E-state index is -0.665. The molecule has 0 atom stereocenters. The van der Waals surface area contributed by atoms with Crippen LogP contribution in [0, 0.1) is 0 Å². The number of aryl methyl sites for hydroxylation is 1. The second-order valence-corrected chi connectivity index (χ2v) is 4.92. The normalized spacial score (nSPS) is 13.9. The summed E-state index contributed by atoms with van der Waals surface area (Å²) in [6.07, 6.45) is 4.89. The molecule has 0 aliphatic heterocycles. The van der Waals surface area contributed by atoms with E-state index in [1.807, 2.05) is 19.9 Å². The molecule has 1 aromatic carbocycles. The number of allylic oxidation sites excluding steroid dienone is 3. The first-order chi connectivity index (χ1) is 8.99. The number of Topliss-reactive ketones (excluding diaryl/α,β-unsaturated/α-hetero) is 1. The minimum Gasteiger partial charge on any atom is -0.507 e. The topological polar surface area (TPSA) is 54.4 Å². The van der Waals surface area contributed by atoms with Crippen molar-refractivity contribution in [2.45, 2.75) is 26.7 Å². The number of rotatable bonds is 3. The summed E-state index contributed by atoms with van der Waals surface area (Å²) in [6, 6.07) is 5.24. The Morgan fingerprint density at radius 2 is 1.95 bits per heavy atom. The molecular formula is C16H16O3. The number of aliphatic hydroxyl groups is 1. The van der Waals surface area contributed by atoms with Gasteiger partial charge in [0.25, 0.3) is 0 Å².